The predicted molar refractivity (Wildman–Crippen MR) is 69.0 cm³/mol. The molecule has 1 aromatic carbocycles. The summed E-state index contributed by atoms with van der Waals surface area (Å²) in [6, 6.07) is 6.41. The van der Waals surface area contributed by atoms with Crippen LogP contribution in [0.15, 0.2) is 29.9 Å². The lowest BCUT2D eigenvalue weighted by Gasteiger charge is -2.10. The lowest BCUT2D eigenvalue weighted by atomic mass is 9.99. The molecule has 0 amide bonds. The van der Waals surface area contributed by atoms with Crippen molar-refractivity contribution in [2.24, 2.45) is 0 Å². The summed E-state index contributed by atoms with van der Waals surface area (Å²) in [5, 5.41) is 3.17. The number of aromatic nitrogens is 1. The molecule has 1 aliphatic heterocycles. The zero-order valence-corrected chi connectivity index (χ0v) is 10.5. The van der Waals surface area contributed by atoms with Crippen molar-refractivity contribution in [3.8, 4) is 10.4 Å². The standard InChI is InChI=1S/C13H14N2OS/c1-14-5-12-9-3-2-4-10(11(9)7-16-12)13-6-15-8-17-13/h2-4,6,8,12,14H,5,7H2,1H3/t12-/m0/s1. The molecule has 0 bridgehead atoms. The van der Waals surface area contributed by atoms with E-state index >= 15 is 0 Å². The van der Waals surface area contributed by atoms with Gasteiger partial charge in [0.1, 0.15) is 0 Å². The zero-order valence-electron chi connectivity index (χ0n) is 9.64. The first-order valence-electron chi connectivity index (χ1n) is 5.67. The Morgan fingerprint density at radius 2 is 2.47 bits per heavy atom. The Morgan fingerprint density at radius 3 is 3.24 bits per heavy atom. The monoisotopic (exact) mass is 246 g/mol. The fourth-order valence-electron chi connectivity index (χ4n) is 2.28. The third-order valence-electron chi connectivity index (χ3n) is 3.08. The number of hydrogen-bond acceptors (Lipinski definition) is 4. The van der Waals surface area contributed by atoms with Gasteiger partial charge in [0.2, 0.25) is 0 Å². The maximum Gasteiger partial charge on any atom is 0.0957 e. The molecule has 2 aromatic rings. The van der Waals surface area contributed by atoms with Gasteiger partial charge in [0.15, 0.2) is 0 Å². The van der Waals surface area contributed by atoms with Crippen LogP contribution in [0, 0.1) is 0 Å². The third kappa shape index (κ3) is 1.88. The van der Waals surface area contributed by atoms with Crippen LogP contribution < -0.4 is 5.32 Å². The molecular weight excluding hydrogens is 232 g/mol. The van der Waals surface area contributed by atoms with Crippen molar-refractivity contribution >= 4 is 11.3 Å². The van der Waals surface area contributed by atoms with Crippen molar-refractivity contribution in [2.45, 2.75) is 12.7 Å². The molecule has 0 unspecified atom stereocenters. The molecule has 0 spiro atoms. The van der Waals surface area contributed by atoms with Gasteiger partial charge in [-0.2, -0.15) is 0 Å². The van der Waals surface area contributed by atoms with E-state index < -0.39 is 0 Å². The fraction of sp³-hybridized carbons (Fsp3) is 0.308. The van der Waals surface area contributed by atoms with Crippen LogP contribution in [0.25, 0.3) is 10.4 Å². The van der Waals surface area contributed by atoms with Crippen molar-refractivity contribution < 1.29 is 4.74 Å². The van der Waals surface area contributed by atoms with Crippen LogP contribution in [0.3, 0.4) is 0 Å². The van der Waals surface area contributed by atoms with Gasteiger partial charge in [-0.3, -0.25) is 4.98 Å². The summed E-state index contributed by atoms with van der Waals surface area (Å²) < 4.78 is 5.82. The largest absolute Gasteiger partial charge is 0.367 e. The van der Waals surface area contributed by atoms with Gasteiger partial charge in [0.05, 0.1) is 23.1 Å². The van der Waals surface area contributed by atoms with Crippen molar-refractivity contribution in [3.63, 3.8) is 0 Å². The average Bonchev–Trinajstić information content (AvgIpc) is 2.98. The van der Waals surface area contributed by atoms with E-state index in [-0.39, 0.29) is 6.10 Å². The second-order valence-corrected chi connectivity index (χ2v) is 4.98. The van der Waals surface area contributed by atoms with E-state index in [0.717, 1.165) is 6.54 Å². The third-order valence-corrected chi connectivity index (χ3v) is 3.88. The molecule has 17 heavy (non-hydrogen) atoms. The quantitative estimate of drug-likeness (QED) is 0.904. The van der Waals surface area contributed by atoms with Crippen molar-refractivity contribution in [1.29, 1.82) is 0 Å². The van der Waals surface area contributed by atoms with Gasteiger partial charge in [-0.1, -0.05) is 18.2 Å². The minimum atomic E-state index is 0.183. The Morgan fingerprint density at radius 1 is 1.53 bits per heavy atom. The smallest absolute Gasteiger partial charge is 0.0957 e. The first-order valence-corrected chi connectivity index (χ1v) is 6.55. The molecule has 2 heterocycles. The molecule has 3 rings (SSSR count). The number of nitrogens with one attached hydrogen (secondary N) is 1. The van der Waals surface area contributed by atoms with Crippen molar-refractivity contribution in [2.75, 3.05) is 13.6 Å². The maximum atomic E-state index is 5.82. The number of benzene rings is 1. The zero-order chi connectivity index (χ0) is 11.7. The number of ether oxygens (including phenoxy) is 1. The fourth-order valence-corrected chi connectivity index (χ4v) is 2.95. The normalized spacial score (nSPS) is 18.3. The minimum absolute atomic E-state index is 0.183. The SMILES string of the molecule is CNC[C@@H]1OCc2c(-c3cncs3)cccc21. The van der Waals surface area contributed by atoms with Gasteiger partial charge in [-0.15, -0.1) is 11.3 Å². The summed E-state index contributed by atoms with van der Waals surface area (Å²) in [6.45, 7) is 1.56. The molecule has 1 atom stereocenters. The first-order chi connectivity index (χ1) is 8.40. The molecule has 0 fully saturated rings. The van der Waals surface area contributed by atoms with Crippen molar-refractivity contribution in [3.05, 3.63) is 41.0 Å². The second-order valence-electron chi connectivity index (χ2n) is 4.10. The molecule has 1 N–H and O–H groups in total. The highest BCUT2D eigenvalue weighted by Crippen LogP contribution is 2.37. The highest BCUT2D eigenvalue weighted by atomic mass is 32.1. The Kier molecular flexibility index (Phi) is 2.93. The number of fused-ring (bicyclic) bond motifs is 1. The van der Waals surface area contributed by atoms with E-state index in [2.05, 4.69) is 28.5 Å². The molecule has 4 heteroatoms. The van der Waals surface area contributed by atoms with Gasteiger partial charge in [0, 0.05) is 12.7 Å². The molecule has 1 aromatic heterocycles. The number of nitrogens with zero attached hydrogens (tertiary/aromatic N) is 1. The highest BCUT2D eigenvalue weighted by molar-refractivity contribution is 7.13. The van der Waals surface area contributed by atoms with E-state index in [0.29, 0.717) is 6.61 Å². The van der Waals surface area contributed by atoms with Gasteiger partial charge in [0.25, 0.3) is 0 Å². The van der Waals surface area contributed by atoms with E-state index in [1.165, 1.54) is 21.6 Å². The minimum Gasteiger partial charge on any atom is -0.367 e. The van der Waals surface area contributed by atoms with E-state index in [4.69, 9.17) is 4.74 Å². The molecule has 0 radical (unpaired) electrons. The number of rotatable bonds is 3. The topological polar surface area (TPSA) is 34.1 Å². The van der Waals surface area contributed by atoms with Crippen LogP contribution in [0.4, 0.5) is 0 Å². The molecule has 0 saturated carbocycles. The lowest BCUT2D eigenvalue weighted by molar-refractivity contribution is 0.0675. The summed E-state index contributed by atoms with van der Waals surface area (Å²) in [7, 11) is 1.95. The molecule has 0 aliphatic carbocycles. The van der Waals surface area contributed by atoms with Crippen LogP contribution in [-0.4, -0.2) is 18.6 Å². The Bertz CT molecular complexity index is 510. The molecule has 0 saturated heterocycles. The second kappa shape index (κ2) is 4.56. The number of hydrogen-bond donors (Lipinski definition) is 1. The summed E-state index contributed by atoms with van der Waals surface area (Å²) in [5.74, 6) is 0. The van der Waals surface area contributed by atoms with E-state index in [9.17, 15) is 0 Å². The Labute approximate surface area is 104 Å². The molecule has 88 valence electrons. The molecular formula is C13H14N2OS. The van der Waals surface area contributed by atoms with Gasteiger partial charge in [-0.05, 0) is 23.7 Å². The highest BCUT2D eigenvalue weighted by Gasteiger charge is 2.25. The number of likely N-dealkylation sites (N-methyl/N-ethyl adjacent to an activating group) is 1. The Hall–Kier alpha value is -1.23. The van der Waals surface area contributed by atoms with E-state index in [1.54, 1.807) is 11.3 Å². The van der Waals surface area contributed by atoms with Gasteiger partial charge < -0.3 is 10.1 Å². The predicted octanol–water partition coefficient (Wildman–Crippen LogP) is 2.60. The maximum absolute atomic E-state index is 5.82. The van der Waals surface area contributed by atoms with E-state index in [1.807, 2.05) is 18.8 Å². The van der Waals surface area contributed by atoms with Crippen molar-refractivity contribution in [1.82, 2.24) is 10.3 Å². The lowest BCUT2D eigenvalue weighted by Crippen LogP contribution is -2.16. The summed E-state index contributed by atoms with van der Waals surface area (Å²) >= 11 is 1.67. The Balaban J connectivity index is 2.04. The van der Waals surface area contributed by atoms with Gasteiger partial charge >= 0.3 is 0 Å². The average molecular weight is 246 g/mol. The molecule has 3 nitrogen and oxygen atoms in total. The van der Waals surface area contributed by atoms with Crippen LogP contribution in [-0.2, 0) is 11.3 Å². The van der Waals surface area contributed by atoms with Crippen LogP contribution >= 0.6 is 11.3 Å². The van der Waals surface area contributed by atoms with Crippen LogP contribution in [0.1, 0.15) is 17.2 Å². The van der Waals surface area contributed by atoms with Gasteiger partial charge in [-0.25, -0.2) is 0 Å². The van der Waals surface area contributed by atoms with Crippen LogP contribution in [0.5, 0.6) is 0 Å². The summed E-state index contributed by atoms with van der Waals surface area (Å²) in [5.41, 5.74) is 5.76. The first kappa shape index (κ1) is 10.9. The summed E-state index contributed by atoms with van der Waals surface area (Å²) in [6.07, 6.45) is 2.11. The summed E-state index contributed by atoms with van der Waals surface area (Å²) in [4.78, 5) is 5.36. The number of thiazole rings is 1. The van der Waals surface area contributed by atoms with Crippen LogP contribution in [0.2, 0.25) is 0 Å². The molecule has 1 aliphatic rings.